The molecule has 0 heterocycles. The van der Waals surface area contributed by atoms with Gasteiger partial charge in [0.25, 0.3) is 0 Å². The summed E-state index contributed by atoms with van der Waals surface area (Å²) in [4.78, 5) is 12.9. The van der Waals surface area contributed by atoms with Gasteiger partial charge in [-0.1, -0.05) is 12.2 Å². The van der Waals surface area contributed by atoms with Crippen LogP contribution >= 0.6 is 12.2 Å². The van der Waals surface area contributed by atoms with Crippen LogP contribution in [0.2, 0.25) is 0 Å². The number of benzene rings is 1. The van der Waals surface area contributed by atoms with Gasteiger partial charge in [-0.15, -0.1) is 0 Å². The van der Waals surface area contributed by atoms with Crippen molar-refractivity contribution in [3.05, 3.63) is 29.6 Å². The fourth-order valence-electron chi connectivity index (χ4n) is 1.65. The van der Waals surface area contributed by atoms with E-state index in [1.54, 1.807) is 24.1 Å². The van der Waals surface area contributed by atoms with Crippen molar-refractivity contribution >= 4 is 28.9 Å². The molecule has 0 radical (unpaired) electrons. The average Bonchev–Trinajstić information content (AvgIpc) is 2.37. The second-order valence-electron chi connectivity index (χ2n) is 4.13. The lowest BCUT2D eigenvalue weighted by molar-refractivity contribution is -0.140. The molecule has 1 aromatic carbocycles. The largest absolute Gasteiger partial charge is 0.469 e. The monoisotopic (exact) mass is 284 g/mol. The number of hydrogen-bond acceptors (Lipinski definition) is 4. The molecular weight excluding hydrogens is 267 g/mol. The van der Waals surface area contributed by atoms with E-state index in [1.807, 2.05) is 0 Å². The SMILES string of the molecule is COC(=O)CCCN(C)c1ccc(C(N)=S)cc1F. The highest BCUT2D eigenvalue weighted by molar-refractivity contribution is 7.80. The molecule has 1 aromatic rings. The quantitative estimate of drug-likeness (QED) is 0.638. The van der Waals surface area contributed by atoms with Crippen LogP contribution in [0.1, 0.15) is 18.4 Å². The summed E-state index contributed by atoms with van der Waals surface area (Å²) in [5, 5.41) is 0. The molecule has 19 heavy (non-hydrogen) atoms. The number of carbonyl (C=O) groups excluding carboxylic acids is 1. The molecule has 2 N–H and O–H groups in total. The van der Waals surface area contributed by atoms with Crippen LogP contribution in [0.25, 0.3) is 0 Å². The minimum absolute atomic E-state index is 0.166. The third-order valence-electron chi connectivity index (χ3n) is 2.75. The average molecular weight is 284 g/mol. The van der Waals surface area contributed by atoms with Crippen LogP contribution in [-0.4, -0.2) is 31.7 Å². The van der Waals surface area contributed by atoms with E-state index in [2.05, 4.69) is 4.74 Å². The first-order chi connectivity index (χ1) is 8.95. The molecule has 104 valence electrons. The molecule has 6 heteroatoms. The normalized spacial score (nSPS) is 10.1. The summed E-state index contributed by atoms with van der Waals surface area (Å²) in [5.41, 5.74) is 6.39. The number of nitrogens with two attached hydrogens (primary N) is 1. The maximum atomic E-state index is 13.9. The van der Waals surface area contributed by atoms with Gasteiger partial charge in [0.15, 0.2) is 0 Å². The van der Waals surface area contributed by atoms with E-state index in [-0.39, 0.29) is 16.8 Å². The summed E-state index contributed by atoms with van der Waals surface area (Å²) >= 11 is 4.79. The van der Waals surface area contributed by atoms with Gasteiger partial charge in [-0.2, -0.15) is 0 Å². The van der Waals surface area contributed by atoms with Crippen LogP contribution in [0.4, 0.5) is 10.1 Å². The van der Waals surface area contributed by atoms with E-state index in [0.29, 0.717) is 30.6 Å². The predicted octanol–water partition coefficient (Wildman–Crippen LogP) is 1.85. The van der Waals surface area contributed by atoms with Gasteiger partial charge in [-0.3, -0.25) is 4.79 Å². The number of nitrogens with zero attached hydrogens (tertiary/aromatic N) is 1. The zero-order valence-corrected chi connectivity index (χ0v) is 11.8. The van der Waals surface area contributed by atoms with Crippen molar-refractivity contribution in [3.63, 3.8) is 0 Å². The zero-order valence-electron chi connectivity index (χ0n) is 11.0. The third kappa shape index (κ3) is 4.48. The molecule has 0 aliphatic heterocycles. The van der Waals surface area contributed by atoms with Gasteiger partial charge >= 0.3 is 5.97 Å². The summed E-state index contributed by atoms with van der Waals surface area (Å²) in [6.45, 7) is 0.554. The molecule has 0 fully saturated rings. The second kappa shape index (κ2) is 7.04. The lowest BCUT2D eigenvalue weighted by Gasteiger charge is -2.20. The van der Waals surface area contributed by atoms with Gasteiger partial charge in [0, 0.05) is 25.6 Å². The number of halogens is 1. The lowest BCUT2D eigenvalue weighted by atomic mass is 10.2. The smallest absolute Gasteiger partial charge is 0.305 e. The number of thiocarbonyl (C=S) groups is 1. The minimum Gasteiger partial charge on any atom is -0.469 e. The van der Waals surface area contributed by atoms with Crippen molar-refractivity contribution in [3.8, 4) is 0 Å². The van der Waals surface area contributed by atoms with Crippen molar-refractivity contribution in [1.29, 1.82) is 0 Å². The maximum absolute atomic E-state index is 13.9. The molecule has 0 aliphatic rings. The highest BCUT2D eigenvalue weighted by Crippen LogP contribution is 2.19. The Balaban J connectivity index is 2.64. The highest BCUT2D eigenvalue weighted by atomic mass is 32.1. The Labute approximate surface area is 117 Å². The summed E-state index contributed by atoms with van der Waals surface area (Å²) in [7, 11) is 3.11. The summed E-state index contributed by atoms with van der Waals surface area (Å²) in [6.07, 6.45) is 0.910. The van der Waals surface area contributed by atoms with Crippen molar-refractivity contribution in [1.82, 2.24) is 0 Å². The third-order valence-corrected chi connectivity index (χ3v) is 2.98. The van der Waals surface area contributed by atoms with Crippen molar-refractivity contribution in [2.45, 2.75) is 12.8 Å². The fraction of sp³-hybridized carbons (Fsp3) is 0.385. The molecule has 0 amide bonds. The molecule has 0 saturated heterocycles. The van der Waals surface area contributed by atoms with Gasteiger partial charge in [0.05, 0.1) is 12.8 Å². The van der Waals surface area contributed by atoms with Gasteiger partial charge in [0.1, 0.15) is 10.8 Å². The van der Waals surface area contributed by atoms with E-state index in [9.17, 15) is 9.18 Å². The first-order valence-corrected chi connectivity index (χ1v) is 6.24. The Morgan fingerprint density at radius 1 is 1.53 bits per heavy atom. The predicted molar refractivity (Wildman–Crippen MR) is 76.8 cm³/mol. The maximum Gasteiger partial charge on any atom is 0.305 e. The molecule has 0 bridgehead atoms. The first-order valence-electron chi connectivity index (χ1n) is 5.83. The molecule has 0 spiro atoms. The molecule has 0 aromatic heterocycles. The Kier molecular flexibility index (Phi) is 5.69. The summed E-state index contributed by atoms with van der Waals surface area (Å²) in [5.74, 6) is -0.649. The molecule has 0 unspecified atom stereocenters. The Bertz CT molecular complexity index is 480. The lowest BCUT2D eigenvalue weighted by Crippen LogP contribution is -2.21. The molecular formula is C13H17FN2O2S. The number of esters is 1. The van der Waals surface area contributed by atoms with Crippen molar-refractivity contribution in [2.75, 3.05) is 25.6 Å². The Morgan fingerprint density at radius 2 is 2.21 bits per heavy atom. The first kappa shape index (κ1) is 15.4. The van der Waals surface area contributed by atoms with Gasteiger partial charge < -0.3 is 15.4 Å². The van der Waals surface area contributed by atoms with E-state index in [1.165, 1.54) is 13.2 Å². The molecule has 1 rings (SSSR count). The van der Waals surface area contributed by atoms with E-state index >= 15 is 0 Å². The summed E-state index contributed by atoms with van der Waals surface area (Å²) in [6, 6.07) is 4.62. The van der Waals surface area contributed by atoms with Crippen LogP contribution in [0.15, 0.2) is 18.2 Å². The molecule has 4 nitrogen and oxygen atoms in total. The highest BCUT2D eigenvalue weighted by Gasteiger charge is 2.10. The number of hydrogen-bond donors (Lipinski definition) is 1. The fourth-order valence-corrected chi connectivity index (χ4v) is 1.78. The molecule has 0 aliphatic carbocycles. The van der Waals surface area contributed by atoms with E-state index < -0.39 is 0 Å². The van der Waals surface area contributed by atoms with Gasteiger partial charge in [-0.25, -0.2) is 4.39 Å². The van der Waals surface area contributed by atoms with E-state index in [0.717, 1.165) is 0 Å². The van der Waals surface area contributed by atoms with Crippen LogP contribution in [-0.2, 0) is 9.53 Å². The number of carbonyl (C=O) groups is 1. The van der Waals surface area contributed by atoms with Gasteiger partial charge in [-0.05, 0) is 24.6 Å². The number of methoxy groups -OCH3 is 1. The Morgan fingerprint density at radius 3 is 2.74 bits per heavy atom. The zero-order chi connectivity index (χ0) is 14.4. The van der Waals surface area contributed by atoms with Crippen LogP contribution < -0.4 is 10.6 Å². The molecule has 0 saturated carbocycles. The Hall–Kier alpha value is -1.69. The minimum atomic E-state index is -0.383. The standard InChI is InChI=1S/C13H17FN2O2S/c1-16(7-3-4-12(17)18-2)11-6-5-9(13(15)19)8-10(11)14/h5-6,8H,3-4,7H2,1-2H3,(H2,15,19). The summed E-state index contributed by atoms with van der Waals surface area (Å²) < 4.78 is 18.4. The number of rotatable bonds is 6. The van der Waals surface area contributed by atoms with Crippen molar-refractivity contribution < 1.29 is 13.9 Å². The number of ether oxygens (including phenoxy) is 1. The van der Waals surface area contributed by atoms with E-state index in [4.69, 9.17) is 18.0 Å². The van der Waals surface area contributed by atoms with Gasteiger partial charge in [0.2, 0.25) is 0 Å². The van der Waals surface area contributed by atoms with Crippen LogP contribution in [0.3, 0.4) is 0 Å². The number of anilines is 1. The van der Waals surface area contributed by atoms with Crippen LogP contribution in [0, 0.1) is 5.82 Å². The second-order valence-corrected chi connectivity index (χ2v) is 4.57. The topological polar surface area (TPSA) is 55.6 Å². The van der Waals surface area contributed by atoms with Crippen LogP contribution in [0.5, 0.6) is 0 Å². The molecule has 0 atom stereocenters. The van der Waals surface area contributed by atoms with Crippen molar-refractivity contribution in [2.24, 2.45) is 5.73 Å².